The first-order valence-corrected chi connectivity index (χ1v) is 4.43. The molecule has 2 nitrogen and oxygen atoms in total. The summed E-state index contributed by atoms with van der Waals surface area (Å²) in [4.78, 5) is 22.8. The molecule has 15 heavy (non-hydrogen) atoms. The quantitative estimate of drug-likeness (QED) is 0.628. The van der Waals surface area contributed by atoms with Gasteiger partial charge < -0.3 is 0 Å². The van der Waals surface area contributed by atoms with Crippen LogP contribution in [-0.2, 0) is 9.59 Å². The van der Waals surface area contributed by atoms with Crippen LogP contribution >= 0.6 is 0 Å². The van der Waals surface area contributed by atoms with Crippen molar-refractivity contribution in [3.8, 4) is 0 Å². The molecule has 0 saturated carbocycles. The second-order valence-electron chi connectivity index (χ2n) is 4.31. The summed E-state index contributed by atoms with van der Waals surface area (Å²) in [5, 5.41) is 0. The third kappa shape index (κ3) is 1.96. The number of allylic oxidation sites excluding steroid dienone is 2. The van der Waals surface area contributed by atoms with E-state index in [9.17, 15) is 22.8 Å². The molecule has 0 atom stereocenters. The van der Waals surface area contributed by atoms with Gasteiger partial charge in [0.2, 0.25) is 0 Å². The van der Waals surface area contributed by atoms with E-state index in [0.717, 1.165) is 6.92 Å². The Morgan fingerprint density at radius 1 is 1.20 bits per heavy atom. The molecule has 0 aliphatic heterocycles. The molecule has 0 fully saturated rings. The van der Waals surface area contributed by atoms with E-state index in [1.807, 2.05) is 0 Å². The Morgan fingerprint density at radius 2 is 1.67 bits per heavy atom. The van der Waals surface area contributed by atoms with Crippen LogP contribution in [0.25, 0.3) is 0 Å². The summed E-state index contributed by atoms with van der Waals surface area (Å²) in [6.45, 7) is 4.01. The van der Waals surface area contributed by atoms with Crippen molar-refractivity contribution in [3.05, 3.63) is 11.1 Å². The number of hydrogen-bond donors (Lipinski definition) is 0. The smallest absolute Gasteiger partial charge is 0.294 e. The van der Waals surface area contributed by atoms with Crippen LogP contribution in [0.4, 0.5) is 13.2 Å². The average molecular weight is 220 g/mol. The molecule has 0 amide bonds. The molecule has 0 aromatic heterocycles. The molecular weight excluding hydrogens is 209 g/mol. The van der Waals surface area contributed by atoms with E-state index in [2.05, 4.69) is 0 Å². The number of rotatable bonds is 0. The van der Waals surface area contributed by atoms with Gasteiger partial charge in [-0.1, -0.05) is 13.8 Å². The van der Waals surface area contributed by atoms with Gasteiger partial charge in [0.15, 0.2) is 11.6 Å². The molecule has 0 heterocycles. The van der Waals surface area contributed by atoms with Crippen molar-refractivity contribution in [2.75, 3.05) is 0 Å². The summed E-state index contributed by atoms with van der Waals surface area (Å²) in [6.07, 6.45) is -5.11. The Hall–Kier alpha value is -1.13. The molecule has 5 heteroatoms. The number of carbonyl (C=O) groups is 2. The lowest BCUT2D eigenvalue weighted by atomic mass is 9.73. The number of ketones is 2. The van der Waals surface area contributed by atoms with E-state index in [1.165, 1.54) is 13.8 Å². The average Bonchev–Trinajstić information content (AvgIpc) is 1.96. The Kier molecular flexibility index (Phi) is 2.53. The van der Waals surface area contributed by atoms with Crippen LogP contribution < -0.4 is 0 Å². The molecule has 1 rings (SSSR count). The van der Waals surface area contributed by atoms with Crippen molar-refractivity contribution < 1.29 is 22.8 Å². The first kappa shape index (κ1) is 11.9. The van der Waals surface area contributed by atoms with Gasteiger partial charge >= 0.3 is 6.18 Å². The minimum absolute atomic E-state index is 0.377. The van der Waals surface area contributed by atoms with Gasteiger partial charge in [-0.3, -0.25) is 9.59 Å². The lowest BCUT2D eigenvalue weighted by Crippen LogP contribution is -2.38. The molecule has 0 aromatic rings. The summed E-state index contributed by atoms with van der Waals surface area (Å²) in [5.41, 5.74) is -2.77. The molecule has 1 aliphatic carbocycles. The second-order valence-corrected chi connectivity index (χ2v) is 4.31. The van der Waals surface area contributed by atoms with Crippen LogP contribution in [0.3, 0.4) is 0 Å². The number of Topliss-reactive ketones (excluding diaryl/α,β-unsaturated/α-hetero) is 2. The van der Waals surface area contributed by atoms with Gasteiger partial charge in [0.1, 0.15) is 5.57 Å². The molecule has 0 aromatic carbocycles. The van der Waals surface area contributed by atoms with E-state index in [-0.39, 0.29) is 6.42 Å². The van der Waals surface area contributed by atoms with Crippen molar-refractivity contribution in [1.29, 1.82) is 0 Å². The molecule has 0 unspecified atom stereocenters. The van der Waals surface area contributed by atoms with Crippen LogP contribution in [-0.4, -0.2) is 17.7 Å². The first-order chi connectivity index (χ1) is 6.57. The molecule has 0 spiro atoms. The first-order valence-electron chi connectivity index (χ1n) is 4.43. The van der Waals surface area contributed by atoms with Gasteiger partial charge in [0.05, 0.1) is 0 Å². The zero-order valence-corrected chi connectivity index (χ0v) is 8.66. The lowest BCUT2D eigenvalue weighted by molar-refractivity contribution is -0.139. The van der Waals surface area contributed by atoms with Gasteiger partial charge in [-0.2, -0.15) is 13.2 Å². The number of alkyl halides is 3. The molecule has 0 radical (unpaired) electrons. The third-order valence-corrected chi connectivity index (χ3v) is 2.50. The van der Waals surface area contributed by atoms with Crippen LogP contribution in [0.1, 0.15) is 27.2 Å². The normalized spacial score (nSPS) is 22.3. The summed E-state index contributed by atoms with van der Waals surface area (Å²) in [7, 11) is 0. The maximum Gasteiger partial charge on any atom is 0.420 e. The van der Waals surface area contributed by atoms with E-state index in [0.29, 0.717) is 0 Å². The van der Waals surface area contributed by atoms with Gasteiger partial charge in [-0.15, -0.1) is 0 Å². The highest BCUT2D eigenvalue weighted by molar-refractivity contribution is 6.14. The summed E-state index contributed by atoms with van der Waals surface area (Å²) in [5.74, 6) is -1.60. The molecule has 84 valence electrons. The maximum absolute atomic E-state index is 12.4. The van der Waals surface area contributed by atoms with Crippen molar-refractivity contribution in [3.63, 3.8) is 0 Å². The van der Waals surface area contributed by atoms with Gasteiger partial charge in [-0.05, 0) is 6.92 Å². The van der Waals surface area contributed by atoms with Crippen LogP contribution in [0.2, 0.25) is 0 Å². The van der Waals surface area contributed by atoms with Crippen molar-refractivity contribution >= 4 is 11.6 Å². The lowest BCUT2D eigenvalue weighted by Gasteiger charge is -2.29. The number of halogens is 3. The number of carbonyl (C=O) groups excluding carboxylic acids is 2. The third-order valence-electron chi connectivity index (χ3n) is 2.50. The molecule has 1 aliphatic rings. The van der Waals surface area contributed by atoms with E-state index in [4.69, 9.17) is 0 Å². The van der Waals surface area contributed by atoms with Crippen molar-refractivity contribution in [2.24, 2.45) is 5.41 Å². The van der Waals surface area contributed by atoms with E-state index >= 15 is 0 Å². The Morgan fingerprint density at radius 3 is 2.07 bits per heavy atom. The molecule has 0 bridgehead atoms. The van der Waals surface area contributed by atoms with E-state index < -0.39 is 34.3 Å². The van der Waals surface area contributed by atoms with Crippen LogP contribution in [0.15, 0.2) is 11.1 Å². The largest absolute Gasteiger partial charge is 0.420 e. The molecular formula is C10H11F3O2. The zero-order chi connectivity index (χ0) is 12.0. The van der Waals surface area contributed by atoms with Gasteiger partial charge in [0, 0.05) is 17.4 Å². The van der Waals surface area contributed by atoms with Crippen molar-refractivity contribution in [1.82, 2.24) is 0 Å². The highest BCUT2D eigenvalue weighted by Crippen LogP contribution is 2.39. The van der Waals surface area contributed by atoms with E-state index in [1.54, 1.807) is 0 Å². The Balaban J connectivity index is 3.34. The summed E-state index contributed by atoms with van der Waals surface area (Å²) in [6, 6.07) is 0. The maximum atomic E-state index is 12.4. The zero-order valence-electron chi connectivity index (χ0n) is 8.66. The summed E-state index contributed by atoms with van der Waals surface area (Å²) < 4.78 is 37.3. The predicted molar refractivity (Wildman–Crippen MR) is 47.2 cm³/mol. The fourth-order valence-corrected chi connectivity index (χ4v) is 1.77. The van der Waals surface area contributed by atoms with Crippen molar-refractivity contribution in [2.45, 2.75) is 33.4 Å². The highest BCUT2D eigenvalue weighted by atomic mass is 19.4. The second kappa shape index (κ2) is 3.18. The molecule has 0 N–H and O–H groups in total. The highest BCUT2D eigenvalue weighted by Gasteiger charge is 2.48. The predicted octanol–water partition coefficient (Wildman–Crippen LogP) is 2.43. The monoisotopic (exact) mass is 220 g/mol. The minimum atomic E-state index is -4.73. The summed E-state index contributed by atoms with van der Waals surface area (Å²) >= 11 is 0. The Labute approximate surface area is 85.1 Å². The van der Waals surface area contributed by atoms with Gasteiger partial charge in [-0.25, -0.2) is 0 Å². The standard InChI is InChI=1S/C10H11F3O2/c1-5-7(10(11,12)13)6(14)4-9(2,3)8(5)15/h4H2,1-3H3. The topological polar surface area (TPSA) is 34.1 Å². The SMILES string of the molecule is CC1=C(C(F)(F)F)C(=O)CC(C)(C)C1=O. The van der Waals surface area contributed by atoms with Gasteiger partial charge in [0.25, 0.3) is 0 Å². The Bertz CT molecular complexity index is 361. The fraction of sp³-hybridized carbons (Fsp3) is 0.600. The van der Waals surface area contributed by atoms with Crippen LogP contribution in [0.5, 0.6) is 0 Å². The minimum Gasteiger partial charge on any atom is -0.294 e. The van der Waals surface area contributed by atoms with Crippen LogP contribution in [0, 0.1) is 5.41 Å². The fourth-order valence-electron chi connectivity index (χ4n) is 1.77. The molecule has 0 saturated heterocycles. The number of hydrogen-bond acceptors (Lipinski definition) is 2.